The Labute approximate surface area is 170 Å². The molecule has 7 heteroatoms. The van der Waals surface area contributed by atoms with Crippen LogP contribution in [0.5, 0.6) is 0 Å². The van der Waals surface area contributed by atoms with Crippen LogP contribution in [0.2, 0.25) is 0 Å². The highest BCUT2D eigenvalue weighted by molar-refractivity contribution is 14.0. The van der Waals surface area contributed by atoms with Crippen LogP contribution in [-0.2, 0) is 11.3 Å². The van der Waals surface area contributed by atoms with E-state index >= 15 is 0 Å². The lowest BCUT2D eigenvalue weighted by Gasteiger charge is -2.19. The summed E-state index contributed by atoms with van der Waals surface area (Å²) in [5.74, 6) is 0.884. The van der Waals surface area contributed by atoms with E-state index in [9.17, 15) is 4.79 Å². The Morgan fingerprint density at radius 1 is 1.25 bits per heavy atom. The van der Waals surface area contributed by atoms with Crippen molar-refractivity contribution in [3.8, 4) is 0 Å². The highest BCUT2D eigenvalue weighted by Gasteiger charge is 2.10. The first-order valence-corrected chi connectivity index (χ1v) is 8.87. The largest absolute Gasteiger partial charge is 0.357 e. The van der Waals surface area contributed by atoms with E-state index in [4.69, 9.17) is 0 Å². The molecule has 0 aliphatic heterocycles. The molecule has 0 aliphatic rings. The van der Waals surface area contributed by atoms with Gasteiger partial charge in [0.15, 0.2) is 5.96 Å². The van der Waals surface area contributed by atoms with Gasteiger partial charge in [-0.05, 0) is 25.0 Å². The van der Waals surface area contributed by atoms with Gasteiger partial charge >= 0.3 is 0 Å². The first kappa shape index (κ1) is 23.2. The number of nitrogens with zero attached hydrogens (tertiary/aromatic N) is 2. The van der Waals surface area contributed by atoms with Gasteiger partial charge in [0.2, 0.25) is 5.91 Å². The highest BCUT2D eigenvalue weighted by Crippen LogP contribution is 2.17. The van der Waals surface area contributed by atoms with Gasteiger partial charge in [0.25, 0.3) is 0 Å². The molecule has 0 fully saturated rings. The zero-order valence-corrected chi connectivity index (χ0v) is 18.6. The van der Waals surface area contributed by atoms with E-state index < -0.39 is 0 Å². The van der Waals surface area contributed by atoms with Gasteiger partial charge in [-0.25, -0.2) is 0 Å². The van der Waals surface area contributed by atoms with E-state index in [1.54, 1.807) is 4.90 Å². The number of amides is 1. The number of aliphatic imine (C=N–C) groups is 1. The lowest BCUT2D eigenvalue weighted by atomic mass is 10.2. The number of hydrogen-bond donors (Lipinski definition) is 2. The van der Waals surface area contributed by atoms with E-state index in [-0.39, 0.29) is 29.9 Å². The van der Waals surface area contributed by atoms with Gasteiger partial charge in [-0.3, -0.25) is 9.79 Å². The summed E-state index contributed by atoms with van der Waals surface area (Å²) >= 11 is 3.51. The van der Waals surface area contributed by atoms with Crippen molar-refractivity contribution in [1.82, 2.24) is 15.5 Å². The number of nitrogens with one attached hydrogen (secondary N) is 2. The molecule has 0 radical (unpaired) electrons. The fraction of sp³-hybridized carbons (Fsp3) is 0.529. The van der Waals surface area contributed by atoms with Gasteiger partial charge in [0.05, 0.1) is 0 Å². The van der Waals surface area contributed by atoms with Crippen molar-refractivity contribution < 1.29 is 4.79 Å². The van der Waals surface area contributed by atoms with Gasteiger partial charge in [0, 0.05) is 44.1 Å². The molecule has 0 spiro atoms. The first-order valence-electron chi connectivity index (χ1n) is 8.08. The predicted molar refractivity (Wildman–Crippen MR) is 115 cm³/mol. The fourth-order valence-electron chi connectivity index (χ4n) is 2.01. The normalized spacial score (nSPS) is 10.8. The number of carbonyl (C=O) groups is 1. The van der Waals surface area contributed by atoms with Crippen LogP contribution >= 0.6 is 39.9 Å². The van der Waals surface area contributed by atoms with Gasteiger partial charge in [-0.1, -0.05) is 41.1 Å². The maximum atomic E-state index is 12.2. The van der Waals surface area contributed by atoms with Gasteiger partial charge in [0.1, 0.15) is 0 Å². The third-order valence-corrected chi connectivity index (χ3v) is 4.03. The molecule has 0 aromatic heterocycles. The first-order chi connectivity index (χ1) is 11.1. The summed E-state index contributed by atoms with van der Waals surface area (Å²) in [6, 6.07) is 7.96. The van der Waals surface area contributed by atoms with Crippen LogP contribution < -0.4 is 10.6 Å². The number of carbonyl (C=O) groups excluding carboxylic acids is 1. The zero-order valence-electron chi connectivity index (χ0n) is 14.6. The molecule has 0 aliphatic carbocycles. The molecule has 136 valence electrons. The van der Waals surface area contributed by atoms with E-state index in [1.807, 2.05) is 38.2 Å². The summed E-state index contributed by atoms with van der Waals surface area (Å²) in [7, 11) is 1.83. The highest BCUT2D eigenvalue weighted by atomic mass is 127. The van der Waals surface area contributed by atoms with Crippen LogP contribution in [0.1, 0.15) is 32.3 Å². The topological polar surface area (TPSA) is 56.7 Å². The number of guanidine groups is 1. The van der Waals surface area contributed by atoms with Crippen molar-refractivity contribution in [2.45, 2.75) is 33.2 Å². The molecule has 24 heavy (non-hydrogen) atoms. The van der Waals surface area contributed by atoms with Crippen LogP contribution in [0, 0.1) is 0 Å². The Kier molecular flexibility index (Phi) is 13.0. The summed E-state index contributed by atoms with van der Waals surface area (Å²) in [5, 5.41) is 6.37. The third kappa shape index (κ3) is 8.86. The molecular formula is C17H28BrIN4O. The Balaban J connectivity index is 0.00000529. The average molecular weight is 511 g/mol. The minimum absolute atomic E-state index is 0. The van der Waals surface area contributed by atoms with Crippen molar-refractivity contribution in [2.75, 3.05) is 26.7 Å². The van der Waals surface area contributed by atoms with Crippen LogP contribution in [0.25, 0.3) is 0 Å². The molecule has 0 heterocycles. The standard InChI is InChI=1S/C17H27BrN4O.HI/c1-4-11-20-17(19-5-2)21-12-10-16(23)22(3)13-14-8-6-7-9-15(14)18;/h6-9H,4-5,10-13H2,1-3H3,(H2,19,20,21);1H. The number of rotatable bonds is 8. The molecule has 1 aromatic rings. The molecule has 0 atom stereocenters. The lowest BCUT2D eigenvalue weighted by Crippen LogP contribution is -2.39. The summed E-state index contributed by atoms with van der Waals surface area (Å²) in [5.41, 5.74) is 1.11. The van der Waals surface area contributed by atoms with E-state index in [1.165, 1.54) is 0 Å². The molecule has 0 saturated heterocycles. The maximum absolute atomic E-state index is 12.2. The minimum atomic E-state index is 0. The second kappa shape index (κ2) is 13.5. The molecule has 1 rings (SSSR count). The van der Waals surface area contributed by atoms with Crippen LogP contribution in [0.15, 0.2) is 33.7 Å². The second-order valence-electron chi connectivity index (χ2n) is 5.28. The summed E-state index contributed by atoms with van der Waals surface area (Å²) in [6.07, 6.45) is 1.45. The molecule has 1 aromatic carbocycles. The Hall–Kier alpha value is -0.830. The minimum Gasteiger partial charge on any atom is -0.357 e. The lowest BCUT2D eigenvalue weighted by molar-refractivity contribution is -0.130. The van der Waals surface area contributed by atoms with E-state index in [0.29, 0.717) is 19.5 Å². The maximum Gasteiger partial charge on any atom is 0.224 e. The Morgan fingerprint density at radius 3 is 2.58 bits per heavy atom. The van der Waals surface area contributed by atoms with Crippen molar-refractivity contribution in [3.63, 3.8) is 0 Å². The quantitative estimate of drug-likeness (QED) is 0.320. The molecular weight excluding hydrogens is 483 g/mol. The van der Waals surface area contributed by atoms with Gasteiger partial charge in [-0.15, -0.1) is 24.0 Å². The van der Waals surface area contributed by atoms with E-state index in [0.717, 1.165) is 35.5 Å². The molecule has 1 amide bonds. The smallest absolute Gasteiger partial charge is 0.224 e. The van der Waals surface area contributed by atoms with E-state index in [2.05, 4.69) is 38.5 Å². The summed E-state index contributed by atoms with van der Waals surface area (Å²) in [4.78, 5) is 18.4. The molecule has 0 unspecified atom stereocenters. The number of hydrogen-bond acceptors (Lipinski definition) is 2. The van der Waals surface area contributed by atoms with Crippen LogP contribution in [0.4, 0.5) is 0 Å². The second-order valence-corrected chi connectivity index (χ2v) is 6.13. The Bertz CT molecular complexity index is 525. The molecule has 2 N–H and O–H groups in total. The average Bonchev–Trinajstić information content (AvgIpc) is 2.54. The fourth-order valence-corrected chi connectivity index (χ4v) is 2.42. The summed E-state index contributed by atoms with van der Waals surface area (Å²) < 4.78 is 1.03. The number of halogens is 2. The molecule has 0 saturated carbocycles. The van der Waals surface area contributed by atoms with Crippen molar-refractivity contribution in [2.24, 2.45) is 4.99 Å². The Morgan fingerprint density at radius 2 is 1.96 bits per heavy atom. The molecule has 0 bridgehead atoms. The monoisotopic (exact) mass is 510 g/mol. The number of benzene rings is 1. The van der Waals surface area contributed by atoms with Crippen molar-refractivity contribution in [1.29, 1.82) is 0 Å². The molecule has 5 nitrogen and oxygen atoms in total. The van der Waals surface area contributed by atoms with Crippen molar-refractivity contribution >= 4 is 51.8 Å². The summed E-state index contributed by atoms with van der Waals surface area (Å²) in [6.45, 7) is 6.89. The van der Waals surface area contributed by atoms with Gasteiger partial charge in [-0.2, -0.15) is 0 Å². The predicted octanol–water partition coefficient (Wildman–Crippen LogP) is 3.38. The third-order valence-electron chi connectivity index (χ3n) is 3.26. The van der Waals surface area contributed by atoms with Crippen molar-refractivity contribution in [3.05, 3.63) is 34.3 Å². The van der Waals surface area contributed by atoms with Gasteiger partial charge < -0.3 is 15.5 Å². The zero-order chi connectivity index (χ0) is 17.1. The van der Waals surface area contributed by atoms with Crippen LogP contribution in [0.3, 0.4) is 0 Å². The van der Waals surface area contributed by atoms with Crippen LogP contribution in [-0.4, -0.2) is 43.4 Å². The SMILES string of the molecule is CCCN=C(NCC)NCCC(=O)N(C)Cc1ccccc1Br.I.